The molecule has 0 heterocycles. The molecule has 0 fully saturated rings. The molecule has 0 saturated carbocycles. The summed E-state index contributed by atoms with van der Waals surface area (Å²) in [7, 11) is 0. The lowest BCUT2D eigenvalue weighted by Gasteiger charge is -2.28. The molecule has 0 bridgehead atoms. The first-order valence-corrected chi connectivity index (χ1v) is 14.3. The predicted octanol–water partition coefficient (Wildman–Crippen LogP) is 7.66. The molecule has 2 unspecified atom stereocenters. The summed E-state index contributed by atoms with van der Waals surface area (Å²) in [6.07, 6.45) is 8.28. The number of aromatic hydroxyl groups is 1. The van der Waals surface area contributed by atoms with Crippen LogP contribution in [-0.4, -0.2) is 23.1 Å². The van der Waals surface area contributed by atoms with Gasteiger partial charge in [0.15, 0.2) is 0 Å². The van der Waals surface area contributed by atoms with E-state index in [9.17, 15) is 14.7 Å². The van der Waals surface area contributed by atoms with Gasteiger partial charge in [0.05, 0.1) is 10.8 Å². The van der Waals surface area contributed by atoms with Crippen molar-refractivity contribution in [3.63, 3.8) is 0 Å². The molecule has 4 rings (SSSR count). The van der Waals surface area contributed by atoms with E-state index in [1.54, 1.807) is 12.1 Å². The van der Waals surface area contributed by atoms with Crippen LogP contribution in [0.15, 0.2) is 42.5 Å². The van der Waals surface area contributed by atoms with Gasteiger partial charge in [-0.1, -0.05) is 44.2 Å². The molecule has 2 aromatic rings. The second kappa shape index (κ2) is 12.8. The fourth-order valence-corrected chi connectivity index (χ4v) is 4.70. The van der Waals surface area contributed by atoms with E-state index in [0.29, 0.717) is 6.42 Å². The maximum Gasteiger partial charge on any atom is 0.312 e. The Morgan fingerprint density at radius 1 is 0.816 bits per heavy atom. The van der Waals surface area contributed by atoms with Gasteiger partial charge in [0.1, 0.15) is 18.0 Å². The number of phenolic OH excluding ortho intramolecular Hbond substituents is 1. The third kappa shape index (κ3) is 7.61. The van der Waals surface area contributed by atoms with Crippen molar-refractivity contribution < 1.29 is 24.2 Å². The Kier molecular flexibility index (Phi) is 10.0. The Morgan fingerprint density at radius 3 is 2.16 bits per heavy atom. The zero-order chi connectivity index (χ0) is 27.9. The summed E-state index contributed by atoms with van der Waals surface area (Å²) in [5.41, 5.74) is 4.09. The van der Waals surface area contributed by atoms with Gasteiger partial charge in [-0.2, -0.15) is 0 Å². The maximum atomic E-state index is 12.3. The Morgan fingerprint density at radius 2 is 1.47 bits per heavy atom. The second-order valence-corrected chi connectivity index (χ2v) is 12.0. The third-order valence-electron chi connectivity index (χ3n) is 8.33. The first-order valence-electron chi connectivity index (χ1n) is 14.3. The second-order valence-electron chi connectivity index (χ2n) is 12.0. The average molecular weight is 523 g/mol. The number of carbonyl (C=O) groups excluding carboxylic acids is 2. The highest BCUT2D eigenvalue weighted by molar-refractivity contribution is 5.76. The standard InChI is InChI=1S/C17H24O2.C16H22O3/c1-4-17(2,3)16(18)19-15-12-8-6-10-13-9-5-7-11-14(13)15;1-4-16(2,3)15(18)19-14-8-6-11-5-7-13(17)9-12(11)10-14/h5,7,9,11,15H,4,6,8,10,12H2,1-3H3;5,7,9,14,17H,4,6,8,10H2,1-3H3. The number of benzene rings is 2. The van der Waals surface area contributed by atoms with Gasteiger partial charge in [0.2, 0.25) is 0 Å². The zero-order valence-electron chi connectivity index (χ0n) is 24.1. The fourth-order valence-electron chi connectivity index (χ4n) is 4.70. The van der Waals surface area contributed by atoms with Gasteiger partial charge in [-0.05, 0) is 113 Å². The summed E-state index contributed by atoms with van der Waals surface area (Å²) in [5, 5.41) is 9.52. The van der Waals surface area contributed by atoms with Crippen molar-refractivity contribution in [3.05, 3.63) is 64.7 Å². The molecular formula is C33H46O5. The van der Waals surface area contributed by atoms with Crippen LogP contribution in [0.25, 0.3) is 0 Å². The largest absolute Gasteiger partial charge is 0.508 e. The van der Waals surface area contributed by atoms with Crippen molar-refractivity contribution >= 4 is 11.9 Å². The lowest BCUT2D eigenvalue weighted by molar-refractivity contribution is -0.161. The van der Waals surface area contributed by atoms with Gasteiger partial charge in [-0.25, -0.2) is 0 Å². The lowest BCUT2D eigenvalue weighted by atomic mass is 9.88. The van der Waals surface area contributed by atoms with Crippen LogP contribution in [0.4, 0.5) is 0 Å². The lowest BCUT2D eigenvalue weighted by Crippen LogP contribution is -2.33. The molecule has 2 aliphatic rings. The monoisotopic (exact) mass is 522 g/mol. The van der Waals surface area contributed by atoms with Crippen LogP contribution >= 0.6 is 0 Å². The first kappa shape index (κ1) is 29.7. The summed E-state index contributed by atoms with van der Waals surface area (Å²) >= 11 is 0. The first-order chi connectivity index (χ1) is 18.0. The minimum absolute atomic E-state index is 0.0583. The number of hydrogen-bond donors (Lipinski definition) is 1. The molecule has 0 spiro atoms. The Bertz CT molecular complexity index is 1100. The molecule has 5 heteroatoms. The van der Waals surface area contributed by atoms with Crippen LogP contribution in [0, 0.1) is 10.8 Å². The van der Waals surface area contributed by atoms with Crippen molar-refractivity contribution in [2.24, 2.45) is 10.8 Å². The number of fused-ring (bicyclic) bond motifs is 2. The van der Waals surface area contributed by atoms with Crippen LogP contribution in [0.3, 0.4) is 0 Å². The van der Waals surface area contributed by atoms with Gasteiger partial charge < -0.3 is 14.6 Å². The zero-order valence-corrected chi connectivity index (χ0v) is 24.1. The topological polar surface area (TPSA) is 72.8 Å². The molecule has 38 heavy (non-hydrogen) atoms. The van der Waals surface area contributed by atoms with E-state index in [1.165, 1.54) is 23.1 Å². The Balaban J connectivity index is 0.000000211. The fraction of sp³-hybridized carbons (Fsp3) is 0.576. The molecule has 0 amide bonds. The van der Waals surface area contributed by atoms with E-state index in [0.717, 1.165) is 50.5 Å². The molecule has 0 aliphatic heterocycles. The van der Waals surface area contributed by atoms with Crippen molar-refractivity contribution in [3.8, 4) is 5.75 Å². The minimum Gasteiger partial charge on any atom is -0.508 e. The van der Waals surface area contributed by atoms with Crippen LogP contribution in [0.5, 0.6) is 5.75 Å². The molecule has 2 aromatic carbocycles. The van der Waals surface area contributed by atoms with Gasteiger partial charge in [-0.15, -0.1) is 0 Å². The highest BCUT2D eigenvalue weighted by atomic mass is 16.5. The normalized spacial score (nSPS) is 19.1. The van der Waals surface area contributed by atoms with Gasteiger partial charge in [0, 0.05) is 6.42 Å². The summed E-state index contributed by atoms with van der Waals surface area (Å²) in [5.74, 6) is 0.0833. The molecule has 0 saturated heterocycles. The number of rotatable bonds is 6. The van der Waals surface area contributed by atoms with Gasteiger partial charge in [0.25, 0.3) is 0 Å². The number of hydrogen-bond acceptors (Lipinski definition) is 5. The van der Waals surface area contributed by atoms with Crippen LogP contribution in [0.2, 0.25) is 0 Å². The summed E-state index contributed by atoms with van der Waals surface area (Å²) in [6, 6.07) is 13.8. The van der Waals surface area contributed by atoms with Crippen LogP contribution in [0.1, 0.15) is 108 Å². The molecule has 0 aromatic heterocycles. The average Bonchev–Trinajstić information content (AvgIpc) is 3.11. The summed E-state index contributed by atoms with van der Waals surface area (Å²) < 4.78 is 11.4. The molecule has 2 aliphatic carbocycles. The number of aryl methyl sites for hydroxylation is 2. The SMILES string of the molecule is CCC(C)(C)C(=O)OC1CCCCc2ccccc21.CCC(C)(C)C(=O)OC1CCc2ccc(O)cc2C1. The van der Waals surface area contributed by atoms with E-state index in [4.69, 9.17) is 9.47 Å². The van der Waals surface area contributed by atoms with Gasteiger partial charge >= 0.3 is 11.9 Å². The van der Waals surface area contributed by atoms with Crippen molar-refractivity contribution in [1.29, 1.82) is 0 Å². The number of phenols is 1. The number of carbonyl (C=O) groups is 2. The summed E-state index contributed by atoms with van der Waals surface area (Å²) in [4.78, 5) is 24.3. The maximum absolute atomic E-state index is 12.3. The van der Waals surface area contributed by atoms with Crippen molar-refractivity contribution in [1.82, 2.24) is 0 Å². The third-order valence-corrected chi connectivity index (χ3v) is 8.33. The molecule has 1 N–H and O–H groups in total. The molecule has 2 atom stereocenters. The molecule has 0 radical (unpaired) electrons. The molecule has 208 valence electrons. The van der Waals surface area contributed by atoms with E-state index < -0.39 is 5.41 Å². The van der Waals surface area contributed by atoms with Gasteiger partial charge in [-0.3, -0.25) is 9.59 Å². The highest BCUT2D eigenvalue weighted by Crippen LogP contribution is 2.34. The van der Waals surface area contributed by atoms with Crippen molar-refractivity contribution in [2.45, 2.75) is 112 Å². The van der Waals surface area contributed by atoms with E-state index >= 15 is 0 Å². The van der Waals surface area contributed by atoms with E-state index in [-0.39, 0.29) is 35.3 Å². The van der Waals surface area contributed by atoms with E-state index in [2.05, 4.69) is 18.2 Å². The Hall–Kier alpha value is -2.82. The highest BCUT2D eigenvalue weighted by Gasteiger charge is 2.32. The minimum atomic E-state index is -0.418. The van der Waals surface area contributed by atoms with E-state index in [1.807, 2.05) is 53.7 Å². The quantitative estimate of drug-likeness (QED) is 0.311. The summed E-state index contributed by atoms with van der Waals surface area (Å²) in [6.45, 7) is 11.8. The smallest absolute Gasteiger partial charge is 0.312 e. The van der Waals surface area contributed by atoms with Crippen LogP contribution < -0.4 is 0 Å². The van der Waals surface area contributed by atoms with Crippen LogP contribution in [-0.2, 0) is 38.3 Å². The predicted molar refractivity (Wildman–Crippen MR) is 151 cm³/mol. The molecule has 5 nitrogen and oxygen atoms in total. The number of esters is 2. The molecular weight excluding hydrogens is 476 g/mol. The van der Waals surface area contributed by atoms with Crippen molar-refractivity contribution in [2.75, 3.05) is 0 Å². The number of ether oxygens (including phenoxy) is 2. The Labute approximate surface area is 228 Å².